The van der Waals surface area contributed by atoms with Crippen molar-refractivity contribution in [2.45, 2.75) is 32.2 Å². The van der Waals surface area contributed by atoms with Crippen molar-refractivity contribution in [3.05, 3.63) is 29.3 Å². The Morgan fingerprint density at radius 3 is 2.84 bits per heavy atom. The van der Waals surface area contributed by atoms with E-state index in [1.807, 2.05) is 24.1 Å². The molecular formula is C15H18N2O2. The van der Waals surface area contributed by atoms with Crippen LogP contribution in [-0.2, 0) is 11.2 Å². The highest BCUT2D eigenvalue weighted by molar-refractivity contribution is 6.02. The van der Waals surface area contributed by atoms with Crippen LogP contribution in [0.5, 0.6) is 0 Å². The third kappa shape index (κ3) is 2.23. The lowest BCUT2D eigenvalue weighted by Gasteiger charge is -2.25. The van der Waals surface area contributed by atoms with Crippen molar-refractivity contribution in [2.24, 2.45) is 5.92 Å². The molecule has 0 saturated heterocycles. The van der Waals surface area contributed by atoms with Gasteiger partial charge in [-0.05, 0) is 43.4 Å². The number of hydrogen-bond donors (Lipinski definition) is 1. The predicted octanol–water partition coefficient (Wildman–Crippen LogP) is 2.05. The van der Waals surface area contributed by atoms with Crippen LogP contribution in [0, 0.1) is 5.92 Å². The molecule has 1 atom stereocenters. The lowest BCUT2D eigenvalue weighted by molar-refractivity contribution is -0.115. The van der Waals surface area contributed by atoms with E-state index in [9.17, 15) is 9.59 Å². The number of amides is 2. The molecule has 2 aliphatic rings. The van der Waals surface area contributed by atoms with Crippen LogP contribution in [0.15, 0.2) is 18.2 Å². The van der Waals surface area contributed by atoms with Crippen LogP contribution < -0.4 is 5.32 Å². The summed E-state index contributed by atoms with van der Waals surface area (Å²) >= 11 is 0. The van der Waals surface area contributed by atoms with E-state index in [0.717, 1.165) is 11.3 Å². The molecule has 0 spiro atoms. The highest BCUT2D eigenvalue weighted by Crippen LogP contribution is 2.35. The molecule has 0 radical (unpaired) electrons. The SMILES string of the molecule is CC(C1CC1)N(C)C(=O)c1ccc2c(c1)NC(=O)C2. The molecule has 4 heteroatoms. The second kappa shape index (κ2) is 4.37. The Morgan fingerprint density at radius 1 is 1.42 bits per heavy atom. The second-order valence-electron chi connectivity index (χ2n) is 5.59. The zero-order chi connectivity index (χ0) is 13.6. The maximum Gasteiger partial charge on any atom is 0.253 e. The van der Waals surface area contributed by atoms with Gasteiger partial charge in [0.15, 0.2) is 0 Å². The molecular weight excluding hydrogens is 240 g/mol. The zero-order valence-corrected chi connectivity index (χ0v) is 11.3. The summed E-state index contributed by atoms with van der Waals surface area (Å²) in [6.07, 6.45) is 2.86. The van der Waals surface area contributed by atoms with Crippen molar-refractivity contribution >= 4 is 17.5 Å². The zero-order valence-electron chi connectivity index (χ0n) is 11.3. The lowest BCUT2D eigenvalue weighted by Crippen LogP contribution is -2.36. The summed E-state index contributed by atoms with van der Waals surface area (Å²) < 4.78 is 0. The van der Waals surface area contributed by atoms with Crippen molar-refractivity contribution in [1.82, 2.24) is 4.90 Å². The molecule has 1 fully saturated rings. The third-order valence-electron chi connectivity index (χ3n) is 4.22. The van der Waals surface area contributed by atoms with Gasteiger partial charge in [-0.1, -0.05) is 6.07 Å². The fourth-order valence-corrected chi connectivity index (χ4v) is 2.63. The van der Waals surface area contributed by atoms with Gasteiger partial charge < -0.3 is 10.2 Å². The van der Waals surface area contributed by atoms with E-state index in [-0.39, 0.29) is 17.9 Å². The second-order valence-corrected chi connectivity index (χ2v) is 5.59. The maximum atomic E-state index is 12.4. The van der Waals surface area contributed by atoms with Crippen molar-refractivity contribution in [2.75, 3.05) is 12.4 Å². The predicted molar refractivity (Wildman–Crippen MR) is 73.1 cm³/mol. The normalized spacial score (nSPS) is 18.7. The molecule has 0 aromatic heterocycles. The number of carbonyl (C=O) groups is 2. The van der Waals surface area contributed by atoms with E-state index < -0.39 is 0 Å². The minimum atomic E-state index is -0.000646. The Balaban J connectivity index is 1.80. The summed E-state index contributed by atoms with van der Waals surface area (Å²) in [6.45, 7) is 2.10. The molecule has 1 aromatic carbocycles. The molecule has 100 valence electrons. The van der Waals surface area contributed by atoms with E-state index in [1.54, 1.807) is 6.07 Å². The van der Waals surface area contributed by atoms with Crippen LogP contribution in [0.4, 0.5) is 5.69 Å². The molecule has 2 amide bonds. The van der Waals surface area contributed by atoms with Crippen molar-refractivity contribution in [3.8, 4) is 0 Å². The van der Waals surface area contributed by atoms with E-state index in [0.29, 0.717) is 17.9 Å². The number of anilines is 1. The molecule has 19 heavy (non-hydrogen) atoms. The number of nitrogens with zero attached hydrogens (tertiary/aromatic N) is 1. The summed E-state index contributed by atoms with van der Waals surface area (Å²) in [7, 11) is 1.86. The molecule has 3 rings (SSSR count). The van der Waals surface area contributed by atoms with Gasteiger partial charge in [-0.3, -0.25) is 9.59 Å². The Morgan fingerprint density at radius 2 is 2.16 bits per heavy atom. The molecule has 1 saturated carbocycles. The van der Waals surface area contributed by atoms with E-state index in [2.05, 4.69) is 12.2 Å². The highest BCUT2D eigenvalue weighted by atomic mass is 16.2. The van der Waals surface area contributed by atoms with E-state index in [4.69, 9.17) is 0 Å². The summed E-state index contributed by atoms with van der Waals surface area (Å²) in [5, 5.41) is 2.79. The highest BCUT2D eigenvalue weighted by Gasteiger charge is 2.33. The Hall–Kier alpha value is -1.84. The topological polar surface area (TPSA) is 49.4 Å². The maximum absolute atomic E-state index is 12.4. The first-order chi connectivity index (χ1) is 9.06. The van der Waals surface area contributed by atoms with E-state index >= 15 is 0 Å². The summed E-state index contributed by atoms with van der Waals surface area (Å²) in [6, 6.07) is 5.77. The quantitative estimate of drug-likeness (QED) is 0.902. The number of fused-ring (bicyclic) bond motifs is 1. The molecule has 0 bridgehead atoms. The van der Waals surface area contributed by atoms with Crippen molar-refractivity contribution in [1.29, 1.82) is 0 Å². The van der Waals surface area contributed by atoms with Crippen LogP contribution >= 0.6 is 0 Å². The monoisotopic (exact) mass is 258 g/mol. The minimum Gasteiger partial charge on any atom is -0.339 e. The van der Waals surface area contributed by atoms with Gasteiger partial charge in [-0.25, -0.2) is 0 Å². The minimum absolute atomic E-state index is 0.000646. The Kier molecular flexibility index (Phi) is 2.81. The largest absolute Gasteiger partial charge is 0.339 e. The first kappa shape index (κ1) is 12.2. The number of rotatable bonds is 3. The Bertz CT molecular complexity index is 549. The third-order valence-corrected chi connectivity index (χ3v) is 4.22. The fraction of sp³-hybridized carbons (Fsp3) is 0.467. The molecule has 4 nitrogen and oxygen atoms in total. The van der Waals surface area contributed by atoms with Gasteiger partial charge in [0.1, 0.15) is 0 Å². The van der Waals surface area contributed by atoms with E-state index in [1.165, 1.54) is 12.8 Å². The average molecular weight is 258 g/mol. The molecule has 1 aliphatic heterocycles. The fourth-order valence-electron chi connectivity index (χ4n) is 2.63. The van der Waals surface area contributed by atoms with Gasteiger partial charge in [0, 0.05) is 24.3 Å². The van der Waals surface area contributed by atoms with Crippen LogP contribution in [0.1, 0.15) is 35.7 Å². The Labute approximate surface area is 112 Å². The van der Waals surface area contributed by atoms with Gasteiger partial charge in [0.2, 0.25) is 5.91 Å². The standard InChI is InChI=1S/C15H18N2O2/c1-9(10-3-4-10)17(2)15(19)12-6-5-11-8-14(18)16-13(11)7-12/h5-7,9-10H,3-4,8H2,1-2H3,(H,16,18). The van der Waals surface area contributed by atoms with Gasteiger partial charge in [0.05, 0.1) is 6.42 Å². The first-order valence-electron chi connectivity index (χ1n) is 6.76. The van der Waals surface area contributed by atoms with Crippen molar-refractivity contribution < 1.29 is 9.59 Å². The number of benzene rings is 1. The summed E-state index contributed by atoms with van der Waals surface area (Å²) in [5.74, 6) is 0.686. The van der Waals surface area contributed by atoms with Crippen molar-refractivity contribution in [3.63, 3.8) is 0 Å². The smallest absolute Gasteiger partial charge is 0.253 e. The van der Waals surface area contributed by atoms with Gasteiger partial charge in [-0.15, -0.1) is 0 Å². The first-order valence-corrected chi connectivity index (χ1v) is 6.76. The van der Waals surface area contributed by atoms with Gasteiger partial charge in [-0.2, -0.15) is 0 Å². The van der Waals surface area contributed by atoms with Gasteiger partial charge >= 0.3 is 0 Å². The molecule has 1 aromatic rings. The summed E-state index contributed by atoms with van der Waals surface area (Å²) in [5.41, 5.74) is 2.40. The van der Waals surface area contributed by atoms with Crippen LogP contribution in [-0.4, -0.2) is 29.8 Å². The molecule has 1 unspecified atom stereocenters. The average Bonchev–Trinajstić information content (AvgIpc) is 3.17. The number of nitrogens with one attached hydrogen (secondary N) is 1. The number of hydrogen-bond acceptors (Lipinski definition) is 2. The van der Waals surface area contributed by atoms with Crippen LogP contribution in [0.3, 0.4) is 0 Å². The molecule has 1 aliphatic carbocycles. The lowest BCUT2D eigenvalue weighted by atomic mass is 10.1. The number of carbonyl (C=O) groups excluding carboxylic acids is 2. The van der Waals surface area contributed by atoms with Crippen LogP contribution in [0.2, 0.25) is 0 Å². The molecule has 1 N–H and O–H groups in total. The summed E-state index contributed by atoms with van der Waals surface area (Å²) in [4.78, 5) is 25.5. The van der Waals surface area contributed by atoms with Crippen LogP contribution in [0.25, 0.3) is 0 Å². The van der Waals surface area contributed by atoms with Gasteiger partial charge in [0.25, 0.3) is 5.91 Å². The molecule has 1 heterocycles.